The van der Waals surface area contributed by atoms with Crippen LogP contribution in [0.25, 0.3) is 0 Å². The fourth-order valence-electron chi connectivity index (χ4n) is 2.70. The predicted octanol–water partition coefficient (Wildman–Crippen LogP) is 3.89. The molecule has 0 aliphatic rings. The number of aldehydes is 1. The first-order valence-electron chi connectivity index (χ1n) is 10.3. The molecule has 0 saturated carbocycles. The second-order valence-corrected chi connectivity index (χ2v) is 6.87. The Labute approximate surface area is 179 Å². The summed E-state index contributed by atoms with van der Waals surface area (Å²) in [5.41, 5.74) is 1.79. The zero-order valence-corrected chi connectivity index (χ0v) is 18.1. The highest BCUT2D eigenvalue weighted by Crippen LogP contribution is 2.07. The van der Waals surface area contributed by atoms with Gasteiger partial charge in [-0.05, 0) is 23.5 Å². The van der Waals surface area contributed by atoms with Crippen LogP contribution in [0.1, 0.15) is 38.8 Å². The zero-order chi connectivity index (χ0) is 22.4. The summed E-state index contributed by atoms with van der Waals surface area (Å²) < 4.78 is 5.19. The number of amides is 2. The van der Waals surface area contributed by atoms with Crippen molar-refractivity contribution in [1.29, 1.82) is 0 Å². The second-order valence-electron chi connectivity index (χ2n) is 6.87. The first-order chi connectivity index (χ1) is 14.5. The standard InChI is InChI=1S/C22H26N2O4.C2H6/c1-16(2)20(24-22(27)28-15-18-11-7-4-8-12-18)21(26)23-19(14-25)13-17-9-5-3-6-10-17;1-2/h3-12,14,16,19-20H,13,15H2,1-2H3,(H,23,26)(H,24,27);1-2H3/t19?,20-;/m0./s1. The molecule has 30 heavy (non-hydrogen) atoms. The SMILES string of the molecule is CC.CC(C)[C@H](NC(=O)OCc1ccccc1)C(=O)NC(C=O)Cc1ccccc1. The molecule has 0 radical (unpaired) electrons. The van der Waals surface area contributed by atoms with E-state index in [1.54, 1.807) is 0 Å². The monoisotopic (exact) mass is 412 g/mol. The minimum atomic E-state index is -0.804. The van der Waals surface area contributed by atoms with Gasteiger partial charge in [0.15, 0.2) is 0 Å². The Balaban J connectivity index is 0.00000218. The highest BCUT2D eigenvalue weighted by molar-refractivity contribution is 5.87. The average Bonchev–Trinajstić information content (AvgIpc) is 2.78. The van der Waals surface area contributed by atoms with Gasteiger partial charge in [0.25, 0.3) is 0 Å². The molecule has 2 amide bonds. The van der Waals surface area contributed by atoms with Crippen LogP contribution in [0.4, 0.5) is 4.79 Å². The summed E-state index contributed by atoms with van der Waals surface area (Å²) in [5.74, 6) is -0.590. The lowest BCUT2D eigenvalue weighted by Gasteiger charge is -2.23. The summed E-state index contributed by atoms with van der Waals surface area (Å²) in [6.45, 7) is 7.74. The molecule has 2 N–H and O–H groups in total. The maximum Gasteiger partial charge on any atom is 0.408 e. The van der Waals surface area contributed by atoms with E-state index < -0.39 is 24.1 Å². The minimum Gasteiger partial charge on any atom is -0.445 e. The third-order valence-corrected chi connectivity index (χ3v) is 4.23. The number of hydrogen-bond acceptors (Lipinski definition) is 4. The molecule has 2 atom stereocenters. The smallest absolute Gasteiger partial charge is 0.408 e. The largest absolute Gasteiger partial charge is 0.445 e. The molecule has 0 bridgehead atoms. The zero-order valence-electron chi connectivity index (χ0n) is 18.1. The summed E-state index contributed by atoms with van der Waals surface area (Å²) in [5, 5.41) is 5.29. The fourth-order valence-corrected chi connectivity index (χ4v) is 2.70. The topological polar surface area (TPSA) is 84.5 Å². The first-order valence-corrected chi connectivity index (χ1v) is 10.3. The van der Waals surface area contributed by atoms with E-state index in [-0.39, 0.29) is 12.5 Å². The van der Waals surface area contributed by atoms with E-state index in [0.29, 0.717) is 12.7 Å². The molecular formula is C24H32N2O4. The van der Waals surface area contributed by atoms with Gasteiger partial charge in [-0.2, -0.15) is 0 Å². The molecule has 6 heteroatoms. The Bertz CT molecular complexity index is 763. The summed E-state index contributed by atoms with van der Waals surface area (Å²) in [4.78, 5) is 36.1. The normalized spacial score (nSPS) is 12.0. The number of ether oxygens (including phenoxy) is 1. The summed E-state index contributed by atoms with van der Waals surface area (Å²) >= 11 is 0. The van der Waals surface area contributed by atoms with Crippen molar-refractivity contribution in [1.82, 2.24) is 10.6 Å². The van der Waals surface area contributed by atoms with Gasteiger partial charge in [0.05, 0.1) is 6.04 Å². The molecule has 2 rings (SSSR count). The summed E-state index contributed by atoms with van der Waals surface area (Å²) in [6, 6.07) is 17.2. The van der Waals surface area contributed by atoms with Crippen LogP contribution in [-0.2, 0) is 27.4 Å². The van der Waals surface area contributed by atoms with Gasteiger partial charge < -0.3 is 20.2 Å². The van der Waals surface area contributed by atoms with Crippen LogP contribution in [-0.4, -0.2) is 30.4 Å². The van der Waals surface area contributed by atoms with Crippen LogP contribution in [0, 0.1) is 5.92 Å². The van der Waals surface area contributed by atoms with Gasteiger partial charge in [0, 0.05) is 0 Å². The molecule has 2 aromatic rings. The summed E-state index contributed by atoms with van der Waals surface area (Å²) in [7, 11) is 0. The summed E-state index contributed by atoms with van der Waals surface area (Å²) in [6.07, 6.45) is 0.415. The lowest BCUT2D eigenvalue weighted by atomic mass is 10.0. The van der Waals surface area contributed by atoms with Gasteiger partial charge in [-0.3, -0.25) is 4.79 Å². The van der Waals surface area contributed by atoms with Crippen LogP contribution >= 0.6 is 0 Å². The van der Waals surface area contributed by atoms with Gasteiger partial charge in [-0.25, -0.2) is 4.79 Å². The molecule has 0 saturated heterocycles. The van der Waals surface area contributed by atoms with E-state index in [4.69, 9.17) is 4.74 Å². The number of carbonyl (C=O) groups is 3. The highest BCUT2D eigenvalue weighted by Gasteiger charge is 2.26. The Morgan fingerprint density at radius 1 is 0.900 bits per heavy atom. The van der Waals surface area contributed by atoms with E-state index in [1.807, 2.05) is 88.4 Å². The van der Waals surface area contributed by atoms with E-state index in [1.165, 1.54) is 0 Å². The minimum absolute atomic E-state index is 0.115. The second kappa shape index (κ2) is 13.9. The Hall–Kier alpha value is -3.15. The first kappa shape index (κ1) is 24.9. The van der Waals surface area contributed by atoms with Gasteiger partial charge in [-0.15, -0.1) is 0 Å². The molecule has 0 aromatic heterocycles. The number of alkyl carbamates (subject to hydrolysis) is 1. The van der Waals surface area contributed by atoms with Crippen LogP contribution in [0.5, 0.6) is 0 Å². The Morgan fingerprint density at radius 2 is 1.43 bits per heavy atom. The van der Waals surface area contributed by atoms with E-state index in [0.717, 1.165) is 11.1 Å². The van der Waals surface area contributed by atoms with Crippen molar-refractivity contribution in [2.24, 2.45) is 5.92 Å². The van der Waals surface area contributed by atoms with E-state index >= 15 is 0 Å². The molecule has 2 aromatic carbocycles. The molecule has 0 aliphatic carbocycles. The number of carbonyl (C=O) groups excluding carboxylic acids is 3. The molecule has 0 heterocycles. The maximum absolute atomic E-state index is 12.6. The third kappa shape index (κ3) is 8.90. The average molecular weight is 413 g/mol. The predicted molar refractivity (Wildman–Crippen MR) is 118 cm³/mol. The van der Waals surface area contributed by atoms with Crippen molar-refractivity contribution < 1.29 is 19.1 Å². The quantitative estimate of drug-likeness (QED) is 0.612. The van der Waals surface area contributed by atoms with Crippen LogP contribution in [0.2, 0.25) is 0 Å². The molecule has 0 spiro atoms. The number of rotatable bonds is 9. The Kier molecular flexibility index (Phi) is 11.6. The van der Waals surface area contributed by atoms with Gasteiger partial charge in [-0.1, -0.05) is 88.4 Å². The molecule has 162 valence electrons. The molecule has 0 fully saturated rings. The lowest BCUT2D eigenvalue weighted by molar-refractivity contribution is -0.126. The number of benzene rings is 2. The van der Waals surface area contributed by atoms with Gasteiger partial charge in [0.1, 0.15) is 18.9 Å². The van der Waals surface area contributed by atoms with E-state index in [9.17, 15) is 14.4 Å². The number of hydrogen-bond donors (Lipinski definition) is 2. The lowest BCUT2D eigenvalue weighted by Crippen LogP contribution is -2.52. The van der Waals surface area contributed by atoms with Gasteiger partial charge >= 0.3 is 6.09 Å². The highest BCUT2D eigenvalue weighted by atomic mass is 16.5. The molecular weight excluding hydrogens is 380 g/mol. The van der Waals surface area contributed by atoms with Crippen LogP contribution in [0.15, 0.2) is 60.7 Å². The van der Waals surface area contributed by atoms with Crippen molar-refractivity contribution in [3.63, 3.8) is 0 Å². The fraction of sp³-hybridized carbons (Fsp3) is 0.375. The van der Waals surface area contributed by atoms with Crippen molar-refractivity contribution in [3.8, 4) is 0 Å². The van der Waals surface area contributed by atoms with Gasteiger partial charge in [0.2, 0.25) is 5.91 Å². The van der Waals surface area contributed by atoms with Crippen LogP contribution < -0.4 is 10.6 Å². The van der Waals surface area contributed by atoms with E-state index in [2.05, 4.69) is 10.6 Å². The van der Waals surface area contributed by atoms with Crippen LogP contribution in [0.3, 0.4) is 0 Å². The van der Waals surface area contributed by atoms with Crippen molar-refractivity contribution in [2.75, 3.05) is 0 Å². The number of nitrogens with one attached hydrogen (secondary N) is 2. The maximum atomic E-state index is 12.6. The van der Waals surface area contributed by atoms with Crippen molar-refractivity contribution in [3.05, 3.63) is 71.8 Å². The molecule has 6 nitrogen and oxygen atoms in total. The van der Waals surface area contributed by atoms with Crippen molar-refractivity contribution in [2.45, 2.75) is 52.8 Å². The molecule has 1 unspecified atom stereocenters. The Morgan fingerprint density at radius 3 is 1.93 bits per heavy atom. The molecule has 0 aliphatic heterocycles. The third-order valence-electron chi connectivity index (χ3n) is 4.23. The van der Waals surface area contributed by atoms with Crippen molar-refractivity contribution >= 4 is 18.3 Å².